The van der Waals surface area contributed by atoms with Crippen molar-refractivity contribution in [3.8, 4) is 0 Å². The molecule has 2 aromatic rings. The van der Waals surface area contributed by atoms with Gasteiger partial charge in [0.05, 0.1) is 5.75 Å². The van der Waals surface area contributed by atoms with Crippen LogP contribution in [0, 0.1) is 0 Å². The fraction of sp³-hybridized carbons (Fsp3) is 0.500. The molecule has 1 aromatic heterocycles. The van der Waals surface area contributed by atoms with Gasteiger partial charge in [-0.1, -0.05) is 47.8 Å². The lowest BCUT2D eigenvalue weighted by Gasteiger charge is -2.24. The Kier molecular flexibility index (Phi) is 6.48. The van der Waals surface area contributed by atoms with Gasteiger partial charge in [0.2, 0.25) is 16.2 Å². The lowest BCUT2D eigenvalue weighted by Crippen LogP contribution is -2.32. The predicted molar refractivity (Wildman–Crippen MR) is 107 cm³/mol. The van der Waals surface area contributed by atoms with E-state index in [-0.39, 0.29) is 5.91 Å². The van der Waals surface area contributed by atoms with Crippen LogP contribution in [0.15, 0.2) is 34.6 Å². The summed E-state index contributed by atoms with van der Waals surface area (Å²) in [7, 11) is 0. The Morgan fingerprint density at radius 3 is 2.77 bits per heavy atom. The van der Waals surface area contributed by atoms with Gasteiger partial charge in [-0.25, -0.2) is 4.68 Å². The number of amides is 1. The van der Waals surface area contributed by atoms with Crippen LogP contribution in [0.1, 0.15) is 43.1 Å². The second-order valence-electron chi connectivity index (χ2n) is 6.19. The molecule has 3 rings (SSSR count). The summed E-state index contributed by atoms with van der Waals surface area (Å²) in [6, 6.07) is 8.58. The molecule has 0 fully saturated rings. The maximum atomic E-state index is 12.2. The van der Waals surface area contributed by atoms with Crippen molar-refractivity contribution in [3.63, 3.8) is 0 Å². The number of carbonyl (C=O) groups is 1. The van der Waals surface area contributed by atoms with Gasteiger partial charge in [-0.15, -0.1) is 10.2 Å². The van der Waals surface area contributed by atoms with E-state index in [9.17, 15) is 4.79 Å². The highest BCUT2D eigenvalue weighted by molar-refractivity contribution is 8.00. The van der Waals surface area contributed by atoms with Crippen LogP contribution >= 0.6 is 23.5 Å². The maximum absolute atomic E-state index is 12.2. The number of fused-ring (bicyclic) bond motifs is 1. The van der Waals surface area contributed by atoms with Crippen molar-refractivity contribution in [3.05, 3.63) is 35.4 Å². The highest BCUT2D eigenvalue weighted by Crippen LogP contribution is 2.42. The van der Waals surface area contributed by atoms with Crippen molar-refractivity contribution in [2.24, 2.45) is 0 Å². The maximum Gasteiger partial charge on any atom is 0.233 e. The van der Waals surface area contributed by atoms with Crippen molar-refractivity contribution in [2.45, 2.75) is 48.7 Å². The Morgan fingerprint density at radius 2 is 2.00 bits per heavy atom. The average molecular weight is 392 g/mol. The van der Waals surface area contributed by atoms with E-state index in [2.05, 4.69) is 34.5 Å². The van der Waals surface area contributed by atoms with E-state index >= 15 is 0 Å². The van der Waals surface area contributed by atoms with Gasteiger partial charge in [-0.2, -0.15) is 0 Å². The first-order valence-electron chi connectivity index (χ1n) is 8.99. The number of nitrogen functional groups attached to an aromatic ring is 1. The molecule has 0 bridgehead atoms. The van der Waals surface area contributed by atoms with E-state index in [0.717, 1.165) is 12.8 Å². The van der Waals surface area contributed by atoms with Crippen LogP contribution in [0.4, 0.5) is 0 Å². The SMILES string of the molecule is CCN(CC)C(=O)CSc1nnc(SC2CCCc3ccccc32)n1N. The van der Waals surface area contributed by atoms with Crippen LogP contribution in [0.5, 0.6) is 0 Å². The molecule has 0 spiro atoms. The molecule has 1 amide bonds. The van der Waals surface area contributed by atoms with Gasteiger partial charge in [-0.3, -0.25) is 4.79 Å². The molecule has 6 nitrogen and oxygen atoms in total. The highest BCUT2D eigenvalue weighted by Gasteiger charge is 2.24. The first-order chi connectivity index (χ1) is 12.6. The summed E-state index contributed by atoms with van der Waals surface area (Å²) in [6.45, 7) is 5.39. The summed E-state index contributed by atoms with van der Waals surface area (Å²) in [5, 5.41) is 10.1. The van der Waals surface area contributed by atoms with E-state index in [0.29, 0.717) is 34.4 Å². The van der Waals surface area contributed by atoms with Crippen molar-refractivity contribution in [1.82, 2.24) is 19.8 Å². The van der Waals surface area contributed by atoms with Crippen LogP contribution < -0.4 is 5.84 Å². The molecule has 8 heteroatoms. The number of carbonyl (C=O) groups excluding carboxylic acids is 1. The number of aromatic nitrogens is 3. The first kappa shape index (κ1) is 19.1. The summed E-state index contributed by atoms with van der Waals surface area (Å²) in [6.07, 6.45) is 3.42. The van der Waals surface area contributed by atoms with Gasteiger partial charge >= 0.3 is 0 Å². The van der Waals surface area contributed by atoms with Gasteiger partial charge in [0.15, 0.2) is 0 Å². The number of nitrogens with zero attached hydrogens (tertiary/aromatic N) is 4. The largest absolute Gasteiger partial charge is 0.343 e. The normalized spacial score (nSPS) is 16.3. The number of aryl methyl sites for hydroxylation is 1. The summed E-state index contributed by atoms with van der Waals surface area (Å²) >= 11 is 3.00. The Balaban J connectivity index is 1.66. The summed E-state index contributed by atoms with van der Waals surface area (Å²) in [5.74, 6) is 6.62. The molecule has 1 aliphatic rings. The Labute approximate surface area is 162 Å². The van der Waals surface area contributed by atoms with E-state index in [1.807, 2.05) is 13.8 Å². The molecule has 1 atom stereocenters. The zero-order valence-electron chi connectivity index (χ0n) is 15.2. The Hall–Kier alpha value is -1.67. The lowest BCUT2D eigenvalue weighted by molar-refractivity contribution is -0.127. The third-order valence-electron chi connectivity index (χ3n) is 4.64. The van der Waals surface area contributed by atoms with Crippen molar-refractivity contribution < 1.29 is 4.79 Å². The third-order valence-corrected chi connectivity index (χ3v) is 6.83. The van der Waals surface area contributed by atoms with Crippen LogP contribution in [0.3, 0.4) is 0 Å². The van der Waals surface area contributed by atoms with Gasteiger partial charge in [0.1, 0.15) is 0 Å². The molecule has 0 radical (unpaired) electrons. The van der Waals surface area contributed by atoms with E-state index in [4.69, 9.17) is 5.84 Å². The Bertz CT molecular complexity index is 760. The molecule has 26 heavy (non-hydrogen) atoms. The van der Waals surface area contributed by atoms with Crippen molar-refractivity contribution in [2.75, 3.05) is 24.7 Å². The van der Waals surface area contributed by atoms with Gasteiger partial charge in [0.25, 0.3) is 0 Å². The molecule has 0 aliphatic heterocycles. The van der Waals surface area contributed by atoms with Crippen molar-refractivity contribution >= 4 is 29.4 Å². The fourth-order valence-corrected chi connectivity index (χ4v) is 5.20. The zero-order valence-corrected chi connectivity index (χ0v) is 16.9. The second-order valence-corrected chi connectivity index (χ2v) is 8.30. The predicted octanol–water partition coefficient (Wildman–Crippen LogP) is 3.12. The summed E-state index contributed by atoms with van der Waals surface area (Å²) < 4.78 is 1.52. The monoisotopic (exact) mass is 391 g/mol. The van der Waals surface area contributed by atoms with Crippen LogP contribution in [0.2, 0.25) is 0 Å². The second kappa shape index (κ2) is 8.81. The summed E-state index contributed by atoms with van der Waals surface area (Å²) in [4.78, 5) is 14.0. The fourth-order valence-electron chi connectivity index (χ4n) is 3.20. The third kappa shape index (κ3) is 4.17. The van der Waals surface area contributed by atoms with E-state index in [1.165, 1.54) is 34.0 Å². The first-order valence-corrected chi connectivity index (χ1v) is 10.9. The number of thioether (sulfide) groups is 2. The van der Waals surface area contributed by atoms with Crippen molar-refractivity contribution in [1.29, 1.82) is 0 Å². The standard InChI is InChI=1S/C18H25N5OS2/c1-3-22(4-2)16(24)12-25-17-20-21-18(23(17)19)26-15-11-7-9-13-8-5-6-10-14(13)15/h5-6,8,10,15H,3-4,7,9,11-12,19H2,1-2H3. The molecule has 1 heterocycles. The van der Waals surface area contributed by atoms with E-state index < -0.39 is 0 Å². The van der Waals surface area contributed by atoms with Gasteiger partial charge < -0.3 is 10.7 Å². The van der Waals surface area contributed by atoms with E-state index in [1.54, 1.807) is 16.7 Å². The molecule has 1 aromatic carbocycles. The quantitative estimate of drug-likeness (QED) is 0.577. The molecule has 140 valence electrons. The smallest absolute Gasteiger partial charge is 0.233 e. The molecule has 1 unspecified atom stereocenters. The number of hydrogen-bond acceptors (Lipinski definition) is 6. The minimum absolute atomic E-state index is 0.0958. The number of nitrogens with two attached hydrogens (primary N) is 1. The van der Waals surface area contributed by atoms with Crippen LogP contribution in [-0.4, -0.2) is 44.5 Å². The molecule has 1 aliphatic carbocycles. The number of hydrogen-bond donors (Lipinski definition) is 1. The van der Waals surface area contributed by atoms with Gasteiger partial charge in [0, 0.05) is 18.3 Å². The Morgan fingerprint density at radius 1 is 1.27 bits per heavy atom. The molecular weight excluding hydrogens is 366 g/mol. The minimum Gasteiger partial charge on any atom is -0.343 e. The topological polar surface area (TPSA) is 77.0 Å². The molecule has 0 saturated heterocycles. The minimum atomic E-state index is 0.0958. The number of rotatable bonds is 7. The molecular formula is C18H25N5OS2. The molecule has 2 N–H and O–H groups in total. The van der Waals surface area contributed by atoms with Crippen LogP contribution in [-0.2, 0) is 11.2 Å². The number of benzene rings is 1. The average Bonchev–Trinajstić information content (AvgIpc) is 3.01. The zero-order chi connectivity index (χ0) is 18.5. The van der Waals surface area contributed by atoms with Crippen LogP contribution in [0.25, 0.3) is 0 Å². The van der Waals surface area contributed by atoms with Gasteiger partial charge in [-0.05, 0) is 44.2 Å². The lowest BCUT2D eigenvalue weighted by atomic mass is 9.91. The summed E-state index contributed by atoms with van der Waals surface area (Å²) in [5.41, 5.74) is 2.79. The molecule has 0 saturated carbocycles. The highest BCUT2D eigenvalue weighted by atomic mass is 32.2.